The van der Waals surface area contributed by atoms with Crippen molar-refractivity contribution < 1.29 is 19.1 Å². The van der Waals surface area contributed by atoms with Gasteiger partial charge in [0, 0.05) is 18.7 Å². The number of ether oxygens (including phenoxy) is 1. The lowest BCUT2D eigenvalue weighted by atomic mass is 10.2. The van der Waals surface area contributed by atoms with Crippen LogP contribution in [-0.2, 0) is 17.8 Å². The number of nitrogens with zero attached hydrogens (tertiary/aromatic N) is 1. The first-order chi connectivity index (χ1) is 13.0. The number of aliphatic hydroxyl groups is 1. The third-order valence-corrected chi connectivity index (χ3v) is 4.31. The summed E-state index contributed by atoms with van der Waals surface area (Å²) >= 11 is 0. The SMILES string of the molecule is C#CCOC[C@@H](O)C[NH+](Cc1cccn1Cc1cccc(F)c1)CC(C)C. The van der Waals surface area contributed by atoms with Crippen LogP contribution in [0.2, 0.25) is 0 Å². The molecule has 2 atom stereocenters. The predicted molar refractivity (Wildman–Crippen MR) is 105 cm³/mol. The lowest BCUT2D eigenvalue weighted by molar-refractivity contribution is -0.920. The number of hydrogen-bond donors (Lipinski definition) is 2. The first kappa shape index (κ1) is 21.2. The lowest BCUT2D eigenvalue weighted by Crippen LogP contribution is -3.12. The van der Waals surface area contributed by atoms with Crippen LogP contribution in [0.5, 0.6) is 0 Å². The van der Waals surface area contributed by atoms with E-state index in [2.05, 4.69) is 30.4 Å². The van der Waals surface area contributed by atoms with Gasteiger partial charge in [-0.05, 0) is 29.8 Å². The smallest absolute Gasteiger partial charge is 0.126 e. The molecule has 0 fully saturated rings. The third-order valence-electron chi connectivity index (χ3n) is 4.31. The normalized spacial score (nSPS) is 13.5. The van der Waals surface area contributed by atoms with Crippen LogP contribution in [0.1, 0.15) is 25.1 Å². The number of halogens is 1. The zero-order valence-electron chi connectivity index (χ0n) is 16.2. The Kier molecular flexibility index (Phi) is 8.53. The Morgan fingerprint density at radius 2 is 2.07 bits per heavy atom. The molecule has 0 bridgehead atoms. The van der Waals surface area contributed by atoms with Crippen LogP contribution in [0, 0.1) is 24.1 Å². The zero-order valence-corrected chi connectivity index (χ0v) is 16.2. The fourth-order valence-electron chi connectivity index (χ4n) is 3.30. The van der Waals surface area contributed by atoms with Crippen molar-refractivity contribution in [1.29, 1.82) is 0 Å². The minimum Gasteiger partial charge on any atom is -0.385 e. The van der Waals surface area contributed by atoms with Crippen molar-refractivity contribution in [2.45, 2.75) is 33.0 Å². The summed E-state index contributed by atoms with van der Waals surface area (Å²) < 4.78 is 20.9. The minimum absolute atomic E-state index is 0.215. The van der Waals surface area contributed by atoms with E-state index >= 15 is 0 Å². The standard InChI is InChI=1S/C22H29FN2O2/c1-4-11-27-17-22(26)16-24(13-18(2)3)15-21-9-6-10-25(21)14-19-7-5-8-20(23)12-19/h1,5-10,12,18,22,26H,11,13-17H2,2-3H3/p+1/t22-/m0/s1. The van der Waals surface area contributed by atoms with Gasteiger partial charge in [-0.15, -0.1) is 6.42 Å². The molecule has 2 rings (SSSR count). The second-order valence-electron chi connectivity index (χ2n) is 7.36. The molecule has 0 saturated heterocycles. The molecule has 0 aliphatic heterocycles. The number of terminal acetylenes is 1. The van der Waals surface area contributed by atoms with Crippen LogP contribution in [0.15, 0.2) is 42.6 Å². The predicted octanol–water partition coefficient (Wildman–Crippen LogP) is 1.73. The highest BCUT2D eigenvalue weighted by molar-refractivity contribution is 5.18. The molecular formula is C22H30FN2O2+. The molecule has 0 saturated carbocycles. The van der Waals surface area contributed by atoms with Crippen molar-refractivity contribution in [2.24, 2.45) is 5.92 Å². The summed E-state index contributed by atoms with van der Waals surface area (Å²) in [7, 11) is 0. The van der Waals surface area contributed by atoms with E-state index < -0.39 is 6.10 Å². The first-order valence-electron chi connectivity index (χ1n) is 9.39. The molecule has 1 heterocycles. The summed E-state index contributed by atoms with van der Waals surface area (Å²) in [4.78, 5) is 1.28. The Morgan fingerprint density at radius 1 is 1.26 bits per heavy atom. The number of hydrogen-bond acceptors (Lipinski definition) is 2. The molecule has 2 N–H and O–H groups in total. The van der Waals surface area contributed by atoms with E-state index in [1.165, 1.54) is 11.0 Å². The van der Waals surface area contributed by atoms with Gasteiger partial charge in [-0.25, -0.2) is 4.39 Å². The van der Waals surface area contributed by atoms with Gasteiger partial charge in [0.15, 0.2) is 0 Å². The maximum atomic E-state index is 13.5. The van der Waals surface area contributed by atoms with Gasteiger partial charge in [0.2, 0.25) is 0 Å². The number of rotatable bonds is 11. The summed E-state index contributed by atoms with van der Waals surface area (Å²) in [5, 5.41) is 10.3. The maximum absolute atomic E-state index is 13.5. The van der Waals surface area contributed by atoms with Crippen molar-refractivity contribution in [3.63, 3.8) is 0 Å². The Labute approximate surface area is 161 Å². The number of benzene rings is 1. The summed E-state index contributed by atoms with van der Waals surface area (Å²) in [6.45, 7) is 7.75. The van der Waals surface area contributed by atoms with E-state index in [0.717, 1.165) is 24.3 Å². The molecule has 0 aliphatic rings. The molecule has 2 aromatic rings. The lowest BCUT2D eigenvalue weighted by Gasteiger charge is -2.24. The molecule has 5 heteroatoms. The van der Waals surface area contributed by atoms with Crippen molar-refractivity contribution in [1.82, 2.24) is 4.57 Å². The van der Waals surface area contributed by atoms with Gasteiger partial charge >= 0.3 is 0 Å². The van der Waals surface area contributed by atoms with Crippen LogP contribution < -0.4 is 4.90 Å². The van der Waals surface area contributed by atoms with Gasteiger partial charge in [-0.2, -0.15) is 0 Å². The highest BCUT2D eigenvalue weighted by atomic mass is 19.1. The molecule has 0 amide bonds. The van der Waals surface area contributed by atoms with Crippen LogP contribution in [0.4, 0.5) is 4.39 Å². The quantitative estimate of drug-likeness (QED) is 0.465. The summed E-state index contributed by atoms with van der Waals surface area (Å²) in [5.41, 5.74) is 2.09. The number of aromatic nitrogens is 1. The first-order valence-corrected chi connectivity index (χ1v) is 9.39. The molecule has 0 spiro atoms. The van der Waals surface area contributed by atoms with E-state index in [9.17, 15) is 9.50 Å². The maximum Gasteiger partial charge on any atom is 0.126 e. The molecular weight excluding hydrogens is 343 g/mol. The molecule has 146 valence electrons. The van der Waals surface area contributed by atoms with Crippen LogP contribution in [0.3, 0.4) is 0 Å². The average molecular weight is 373 g/mol. The molecule has 1 aromatic carbocycles. The van der Waals surface area contributed by atoms with Crippen molar-refractivity contribution in [3.05, 3.63) is 59.7 Å². The molecule has 27 heavy (non-hydrogen) atoms. The van der Waals surface area contributed by atoms with Crippen LogP contribution in [-0.4, -0.2) is 42.1 Å². The summed E-state index contributed by atoms with van der Waals surface area (Å²) in [6, 6.07) is 10.8. The summed E-state index contributed by atoms with van der Waals surface area (Å²) in [6.07, 6.45) is 6.63. The fourth-order valence-corrected chi connectivity index (χ4v) is 3.30. The highest BCUT2D eigenvalue weighted by Crippen LogP contribution is 2.09. The minimum atomic E-state index is -0.557. The second-order valence-corrected chi connectivity index (χ2v) is 7.36. The largest absolute Gasteiger partial charge is 0.385 e. The fraction of sp³-hybridized carbons (Fsp3) is 0.455. The van der Waals surface area contributed by atoms with E-state index in [1.54, 1.807) is 12.1 Å². The van der Waals surface area contributed by atoms with Gasteiger partial charge in [0.1, 0.15) is 31.6 Å². The van der Waals surface area contributed by atoms with Gasteiger partial charge < -0.3 is 19.3 Å². The van der Waals surface area contributed by atoms with E-state index in [-0.39, 0.29) is 19.0 Å². The number of quaternary nitrogens is 1. The van der Waals surface area contributed by atoms with Gasteiger partial charge in [0.25, 0.3) is 0 Å². The Balaban J connectivity index is 2.02. The molecule has 1 unspecified atom stereocenters. The van der Waals surface area contributed by atoms with Crippen molar-refractivity contribution >= 4 is 0 Å². The third kappa shape index (κ3) is 7.56. The zero-order chi connectivity index (χ0) is 19.6. The van der Waals surface area contributed by atoms with Gasteiger partial charge in [-0.3, -0.25) is 0 Å². The summed E-state index contributed by atoms with van der Waals surface area (Å²) in [5.74, 6) is 2.70. The van der Waals surface area contributed by atoms with Gasteiger partial charge in [-0.1, -0.05) is 31.9 Å². The molecule has 0 radical (unpaired) electrons. The number of aliphatic hydroxyl groups excluding tert-OH is 1. The van der Waals surface area contributed by atoms with E-state index in [4.69, 9.17) is 11.2 Å². The van der Waals surface area contributed by atoms with Gasteiger partial charge in [0.05, 0.1) is 18.8 Å². The number of nitrogens with one attached hydrogen (secondary N) is 1. The van der Waals surface area contributed by atoms with E-state index in [1.807, 2.05) is 18.3 Å². The molecule has 0 aliphatic carbocycles. The Bertz CT molecular complexity index is 736. The average Bonchev–Trinajstić information content (AvgIpc) is 3.01. The van der Waals surface area contributed by atoms with Crippen molar-refractivity contribution in [2.75, 3.05) is 26.3 Å². The molecule has 1 aromatic heterocycles. The molecule has 4 nitrogen and oxygen atoms in total. The topological polar surface area (TPSA) is 38.8 Å². The Morgan fingerprint density at radius 3 is 2.78 bits per heavy atom. The van der Waals surface area contributed by atoms with Crippen LogP contribution in [0.25, 0.3) is 0 Å². The monoisotopic (exact) mass is 373 g/mol. The Hall–Kier alpha value is -2.13. The highest BCUT2D eigenvalue weighted by Gasteiger charge is 2.19. The van der Waals surface area contributed by atoms with Crippen molar-refractivity contribution in [3.8, 4) is 12.3 Å². The van der Waals surface area contributed by atoms with E-state index in [0.29, 0.717) is 19.0 Å². The van der Waals surface area contributed by atoms with Crippen LogP contribution >= 0.6 is 0 Å². The second kappa shape index (κ2) is 10.9.